The molecule has 18 heteroatoms. The molecule has 0 aliphatic carbocycles. The minimum atomic E-state index is -1.43. The Balaban J connectivity index is 1.13. The number of aliphatic carboxylic acids is 1. The number of carboxylic acid groups (broad SMARTS) is 1. The van der Waals surface area contributed by atoms with Crippen molar-refractivity contribution in [1.29, 1.82) is 0 Å². The Labute approximate surface area is 402 Å². The number of carbonyl (C=O) groups is 1. The van der Waals surface area contributed by atoms with Crippen LogP contribution in [0.3, 0.4) is 0 Å². The van der Waals surface area contributed by atoms with Crippen LogP contribution in [-0.4, -0.2) is 132 Å². The van der Waals surface area contributed by atoms with Gasteiger partial charge in [0.1, 0.15) is 47.7 Å². The molecular formula is C49H52Cl2N6O9S. The lowest BCUT2D eigenvalue weighted by molar-refractivity contribution is -0.145. The molecule has 6 aromatic rings. The average molecular weight is 972 g/mol. The van der Waals surface area contributed by atoms with E-state index in [9.17, 15) is 9.90 Å². The Morgan fingerprint density at radius 2 is 1.73 bits per heavy atom. The molecule has 7 heterocycles. The predicted octanol–water partition coefficient (Wildman–Crippen LogP) is 8.14. The maximum Gasteiger partial charge on any atom is 0.345 e. The molecule has 3 aromatic carbocycles. The van der Waals surface area contributed by atoms with Crippen LogP contribution in [0.2, 0.25) is 10.0 Å². The highest BCUT2D eigenvalue weighted by Gasteiger charge is 2.32. The van der Waals surface area contributed by atoms with Crippen LogP contribution in [0.5, 0.6) is 28.9 Å². The summed E-state index contributed by atoms with van der Waals surface area (Å²) in [5.74, 6) is 1.27. The largest absolute Gasteiger partial charge is 0.496 e. The van der Waals surface area contributed by atoms with Crippen LogP contribution in [0.1, 0.15) is 33.7 Å². The standard InChI is InChI=1S/C49H52Cl2N6O9S/c1-28-40-29(2)44(51)45(43(28)50)65-33(12-14-57-17-15-56(3)16-18-57)26-63-32-9-10-36(64-24-31-11-13-52-46(55-31)35-7-5-6-8-37(35)60-4)30(21-32)22-38(49(58)59)66-47-42-41(40)39(67-48(42)54-27-53-47)23-34-25-61-19-20-62-34/h5-11,13,21,27,33-34,38H,12,14-20,22-26H2,1-4H3,(H,58,59)/t33-,34+,38-/m1/s1. The van der Waals surface area contributed by atoms with Gasteiger partial charge in [-0.25, -0.2) is 24.7 Å². The number of hydrogen-bond acceptors (Lipinski definition) is 15. The number of piperazine rings is 1. The maximum absolute atomic E-state index is 13.4. The smallest absolute Gasteiger partial charge is 0.345 e. The molecule has 352 valence electrons. The van der Waals surface area contributed by atoms with Crippen LogP contribution in [0.15, 0.2) is 61.1 Å². The topological polar surface area (TPSA) is 160 Å². The van der Waals surface area contributed by atoms with Crippen molar-refractivity contribution in [2.24, 2.45) is 0 Å². The van der Waals surface area contributed by atoms with E-state index in [0.29, 0.717) is 93.0 Å². The highest BCUT2D eigenvalue weighted by atomic mass is 35.5. The lowest BCUT2D eigenvalue weighted by Gasteiger charge is -2.33. The monoisotopic (exact) mass is 970 g/mol. The van der Waals surface area contributed by atoms with Gasteiger partial charge in [-0.1, -0.05) is 35.3 Å². The predicted molar refractivity (Wildman–Crippen MR) is 256 cm³/mol. The molecule has 0 saturated carbocycles. The summed E-state index contributed by atoms with van der Waals surface area (Å²) in [6, 6.07) is 14.6. The number of aromatic nitrogens is 4. The normalized spacial score (nSPS) is 19.3. The molecule has 0 spiro atoms. The second kappa shape index (κ2) is 20.9. The Morgan fingerprint density at radius 3 is 2.49 bits per heavy atom. The first-order chi connectivity index (χ1) is 32.5. The van der Waals surface area contributed by atoms with Gasteiger partial charge in [0.2, 0.25) is 12.0 Å². The van der Waals surface area contributed by atoms with Crippen molar-refractivity contribution in [2.75, 3.05) is 73.3 Å². The van der Waals surface area contributed by atoms with E-state index in [1.54, 1.807) is 37.6 Å². The zero-order valence-corrected chi connectivity index (χ0v) is 40.1. The Morgan fingerprint density at radius 1 is 0.925 bits per heavy atom. The van der Waals surface area contributed by atoms with E-state index in [4.69, 9.17) is 61.3 Å². The average Bonchev–Trinajstić information content (AvgIpc) is 3.70. The molecule has 0 unspecified atom stereocenters. The summed E-state index contributed by atoms with van der Waals surface area (Å²) in [5.41, 5.74) is 4.80. The zero-order valence-electron chi connectivity index (χ0n) is 37.8. The number of benzene rings is 3. The number of nitrogens with zero attached hydrogens (tertiary/aromatic N) is 6. The van der Waals surface area contributed by atoms with Gasteiger partial charge in [0.15, 0.2) is 11.6 Å². The van der Waals surface area contributed by atoms with Crippen molar-refractivity contribution in [3.63, 3.8) is 0 Å². The SMILES string of the molecule is COc1ccccc1-c1nccc(COc2ccc3cc2C[C@H](C(=O)O)Oc2ncnc4sc(C[C@H]5COCCO5)c(c24)-c2c(C)c(Cl)c(c(Cl)c2C)O[C@H](CCN2CCN(C)CC2)CO3)n1. The fourth-order valence-electron chi connectivity index (χ4n) is 8.70. The summed E-state index contributed by atoms with van der Waals surface area (Å²) in [5, 5.41) is 12.1. The van der Waals surface area contributed by atoms with Gasteiger partial charge in [0, 0.05) is 74.2 Å². The number of likely N-dealkylation sites (N-methyl/N-ethyl adjacent to an activating group) is 1. The third-order valence-electron chi connectivity index (χ3n) is 12.4. The van der Waals surface area contributed by atoms with Crippen molar-refractivity contribution in [3.05, 3.63) is 98.4 Å². The molecular weight excluding hydrogens is 920 g/mol. The lowest BCUT2D eigenvalue weighted by atomic mass is 9.92. The van der Waals surface area contributed by atoms with Gasteiger partial charge in [0.05, 0.1) is 59.7 Å². The van der Waals surface area contributed by atoms with Crippen LogP contribution in [-0.2, 0) is 33.7 Å². The minimum absolute atomic E-state index is 0.0550. The van der Waals surface area contributed by atoms with E-state index >= 15 is 0 Å². The number of ether oxygens (including phenoxy) is 7. The molecule has 4 bridgehead atoms. The molecule has 1 N–H and O–H groups in total. The number of para-hydroxylation sites is 1. The van der Waals surface area contributed by atoms with Crippen molar-refractivity contribution in [1.82, 2.24) is 29.7 Å². The van der Waals surface area contributed by atoms with Gasteiger partial charge >= 0.3 is 5.97 Å². The van der Waals surface area contributed by atoms with Crippen molar-refractivity contribution < 1.29 is 43.1 Å². The molecule has 4 aliphatic rings. The van der Waals surface area contributed by atoms with Crippen molar-refractivity contribution in [3.8, 4) is 51.4 Å². The fraction of sp³-hybridized carbons (Fsp3) is 0.408. The lowest BCUT2D eigenvalue weighted by Crippen LogP contribution is -2.45. The second-order valence-corrected chi connectivity index (χ2v) is 18.7. The van der Waals surface area contributed by atoms with Gasteiger partial charge in [-0.2, -0.15) is 0 Å². The van der Waals surface area contributed by atoms with Crippen LogP contribution in [0.4, 0.5) is 0 Å². The number of methoxy groups -OCH3 is 1. The van der Waals surface area contributed by atoms with Crippen LogP contribution in [0, 0.1) is 13.8 Å². The molecule has 67 heavy (non-hydrogen) atoms. The highest BCUT2D eigenvalue weighted by Crippen LogP contribution is 2.51. The third kappa shape index (κ3) is 10.4. The molecule has 3 atom stereocenters. The highest BCUT2D eigenvalue weighted by molar-refractivity contribution is 7.19. The van der Waals surface area contributed by atoms with Crippen LogP contribution < -0.4 is 23.7 Å². The number of rotatable bonds is 11. The molecule has 2 fully saturated rings. The molecule has 15 nitrogen and oxygen atoms in total. The van der Waals surface area contributed by atoms with Crippen molar-refractivity contribution >= 4 is 50.7 Å². The number of thiophene rings is 1. The van der Waals surface area contributed by atoms with Gasteiger partial charge in [0.25, 0.3) is 0 Å². The summed E-state index contributed by atoms with van der Waals surface area (Å²) in [7, 11) is 3.73. The Hall–Kier alpha value is -5.33. The summed E-state index contributed by atoms with van der Waals surface area (Å²) in [4.78, 5) is 38.1. The van der Waals surface area contributed by atoms with E-state index in [1.165, 1.54) is 17.7 Å². The number of halogens is 2. The van der Waals surface area contributed by atoms with Gasteiger partial charge in [-0.05, 0) is 74.0 Å². The number of carboxylic acids is 1. The third-order valence-corrected chi connectivity index (χ3v) is 14.4. The van der Waals surface area contributed by atoms with Gasteiger partial charge < -0.3 is 48.1 Å². The Kier molecular flexibility index (Phi) is 14.6. The summed E-state index contributed by atoms with van der Waals surface area (Å²) >= 11 is 16.2. The van der Waals surface area contributed by atoms with Crippen molar-refractivity contribution in [2.45, 2.75) is 58.0 Å². The van der Waals surface area contributed by atoms with E-state index in [-0.39, 0.29) is 31.6 Å². The zero-order chi connectivity index (χ0) is 46.6. The van der Waals surface area contributed by atoms with E-state index in [1.807, 2.05) is 38.1 Å². The van der Waals surface area contributed by atoms with Crippen LogP contribution in [0.25, 0.3) is 32.7 Å². The first kappa shape index (κ1) is 46.8. The number of fused-ring (bicyclic) bond motifs is 7. The Bertz CT molecular complexity index is 2720. The maximum atomic E-state index is 13.4. The molecule has 10 rings (SSSR count). The molecule has 3 aromatic heterocycles. The van der Waals surface area contributed by atoms with Gasteiger partial charge in [-0.15, -0.1) is 11.3 Å². The van der Waals surface area contributed by atoms with Crippen LogP contribution >= 0.6 is 34.5 Å². The van der Waals surface area contributed by atoms with Gasteiger partial charge in [-0.3, -0.25) is 0 Å². The summed E-state index contributed by atoms with van der Waals surface area (Å²) in [6.45, 7) is 10.1. The minimum Gasteiger partial charge on any atom is -0.496 e. The van der Waals surface area contributed by atoms with E-state index < -0.39 is 18.2 Å². The molecule has 2 saturated heterocycles. The molecule has 0 amide bonds. The summed E-state index contributed by atoms with van der Waals surface area (Å²) in [6.07, 6.45) is 1.91. The second-order valence-electron chi connectivity index (χ2n) is 16.9. The molecule has 4 aliphatic heterocycles. The fourth-order valence-corrected chi connectivity index (χ4v) is 10.4. The van der Waals surface area contributed by atoms with E-state index in [0.717, 1.165) is 65.4 Å². The number of hydrogen-bond donors (Lipinski definition) is 1. The summed E-state index contributed by atoms with van der Waals surface area (Å²) < 4.78 is 43.9. The van der Waals surface area contributed by atoms with E-state index in [2.05, 4.69) is 31.8 Å². The first-order valence-corrected chi connectivity index (χ1v) is 23.9. The first-order valence-electron chi connectivity index (χ1n) is 22.3. The quantitative estimate of drug-likeness (QED) is 0.132. The molecule has 0 radical (unpaired) electrons.